The Morgan fingerprint density at radius 3 is 2.53 bits per heavy atom. The fraction of sp³-hybridized carbons (Fsp3) is 1.00. The van der Waals surface area contributed by atoms with E-state index in [2.05, 4.69) is 5.32 Å². The Morgan fingerprint density at radius 2 is 2.06 bits per heavy atom. The molecule has 0 unspecified atom stereocenters. The average Bonchev–Trinajstić information content (AvgIpc) is 2.17. The summed E-state index contributed by atoms with van der Waals surface area (Å²) in [5, 5.41) is 3.40. The zero-order valence-electron chi connectivity index (χ0n) is 11.0. The maximum Gasteiger partial charge on any atom is 0.147 e. The van der Waals surface area contributed by atoms with Gasteiger partial charge in [0.2, 0.25) is 0 Å². The Bertz CT molecular complexity index is 310. The largest absolute Gasteiger partial charge is 0.383 e. The molecule has 4 nitrogen and oxygen atoms in total. The van der Waals surface area contributed by atoms with Crippen molar-refractivity contribution in [2.24, 2.45) is 5.41 Å². The van der Waals surface area contributed by atoms with Crippen LogP contribution in [0.5, 0.6) is 0 Å². The third-order valence-electron chi connectivity index (χ3n) is 3.62. The van der Waals surface area contributed by atoms with E-state index in [0.717, 1.165) is 32.5 Å². The van der Waals surface area contributed by atoms with Gasteiger partial charge in [-0.1, -0.05) is 6.42 Å². The summed E-state index contributed by atoms with van der Waals surface area (Å²) < 4.78 is 27.2. The van der Waals surface area contributed by atoms with E-state index in [1.807, 2.05) is 0 Å². The van der Waals surface area contributed by atoms with Gasteiger partial charge in [-0.15, -0.1) is 0 Å². The molecular formula is C12H25NO3S. The van der Waals surface area contributed by atoms with Gasteiger partial charge in [-0.3, -0.25) is 0 Å². The summed E-state index contributed by atoms with van der Waals surface area (Å²) in [6.45, 7) is 2.61. The fourth-order valence-corrected chi connectivity index (χ4v) is 3.10. The van der Waals surface area contributed by atoms with Gasteiger partial charge >= 0.3 is 0 Å². The molecule has 1 rings (SSSR count). The highest BCUT2D eigenvalue weighted by atomic mass is 32.2. The molecule has 0 heterocycles. The summed E-state index contributed by atoms with van der Waals surface area (Å²) in [7, 11) is -1.10. The molecule has 0 bridgehead atoms. The van der Waals surface area contributed by atoms with Crippen molar-refractivity contribution in [1.29, 1.82) is 0 Å². The molecule has 1 aliphatic carbocycles. The standard InChI is InChI=1S/C12H25NO3S/c1-16-9-8-13-11-12(5-3-6-12)7-4-10-17(2,14)15/h13H,3-11H2,1-2H3. The van der Waals surface area contributed by atoms with Gasteiger partial charge in [0.25, 0.3) is 0 Å². The molecule has 0 radical (unpaired) electrons. The van der Waals surface area contributed by atoms with E-state index >= 15 is 0 Å². The van der Waals surface area contributed by atoms with Crippen LogP contribution >= 0.6 is 0 Å². The summed E-state index contributed by atoms with van der Waals surface area (Å²) in [5.74, 6) is 0.326. The van der Waals surface area contributed by atoms with Gasteiger partial charge in [0, 0.05) is 32.2 Å². The van der Waals surface area contributed by atoms with E-state index in [1.54, 1.807) is 7.11 Å². The Morgan fingerprint density at radius 1 is 1.35 bits per heavy atom. The predicted octanol–water partition coefficient (Wildman–Crippen LogP) is 1.22. The van der Waals surface area contributed by atoms with E-state index in [9.17, 15) is 8.42 Å². The summed E-state index contributed by atoms with van der Waals surface area (Å²) in [4.78, 5) is 0. The summed E-state index contributed by atoms with van der Waals surface area (Å²) in [6, 6.07) is 0. The molecule has 0 amide bonds. The zero-order valence-corrected chi connectivity index (χ0v) is 11.8. The van der Waals surface area contributed by atoms with Crippen LogP contribution in [0.2, 0.25) is 0 Å². The van der Waals surface area contributed by atoms with Crippen LogP contribution in [0.15, 0.2) is 0 Å². The maximum atomic E-state index is 11.1. The van der Waals surface area contributed by atoms with Crippen molar-refractivity contribution in [2.45, 2.75) is 32.1 Å². The minimum atomic E-state index is -2.80. The van der Waals surface area contributed by atoms with E-state index < -0.39 is 9.84 Å². The Hall–Kier alpha value is -0.130. The first-order valence-electron chi connectivity index (χ1n) is 6.35. The van der Waals surface area contributed by atoms with Crippen LogP contribution in [-0.2, 0) is 14.6 Å². The molecule has 17 heavy (non-hydrogen) atoms. The Balaban J connectivity index is 2.21. The first-order valence-corrected chi connectivity index (χ1v) is 8.41. The normalized spacial score (nSPS) is 18.9. The molecule has 0 spiro atoms. The van der Waals surface area contributed by atoms with E-state index in [4.69, 9.17) is 4.74 Å². The van der Waals surface area contributed by atoms with Gasteiger partial charge < -0.3 is 10.1 Å². The molecule has 0 aromatic heterocycles. The van der Waals surface area contributed by atoms with Crippen LogP contribution in [0.25, 0.3) is 0 Å². The molecule has 1 N–H and O–H groups in total. The first kappa shape index (κ1) is 14.9. The number of rotatable bonds is 9. The molecule has 1 saturated carbocycles. The van der Waals surface area contributed by atoms with Crippen molar-refractivity contribution >= 4 is 9.84 Å². The topological polar surface area (TPSA) is 55.4 Å². The van der Waals surface area contributed by atoms with Gasteiger partial charge in [-0.2, -0.15) is 0 Å². The Kier molecular flexibility index (Phi) is 5.89. The molecule has 1 fully saturated rings. The second kappa shape index (κ2) is 6.71. The molecule has 0 aromatic rings. The minimum Gasteiger partial charge on any atom is -0.383 e. The first-order chi connectivity index (χ1) is 7.97. The zero-order chi connectivity index (χ0) is 12.8. The lowest BCUT2D eigenvalue weighted by Crippen LogP contribution is -2.41. The second-order valence-electron chi connectivity index (χ2n) is 5.26. The number of hydrogen-bond donors (Lipinski definition) is 1. The molecule has 1 aliphatic rings. The van der Waals surface area contributed by atoms with Crippen LogP contribution in [-0.4, -0.2) is 47.2 Å². The Labute approximate surface area is 105 Å². The highest BCUT2D eigenvalue weighted by molar-refractivity contribution is 7.90. The number of methoxy groups -OCH3 is 1. The van der Waals surface area contributed by atoms with Crippen molar-refractivity contribution in [3.8, 4) is 0 Å². The third-order valence-corrected chi connectivity index (χ3v) is 4.65. The lowest BCUT2D eigenvalue weighted by atomic mass is 9.66. The van der Waals surface area contributed by atoms with Gasteiger partial charge in [0.15, 0.2) is 0 Å². The molecule has 0 aromatic carbocycles. The monoisotopic (exact) mass is 263 g/mol. The molecule has 0 atom stereocenters. The molecule has 102 valence electrons. The number of ether oxygens (including phenoxy) is 1. The number of nitrogens with one attached hydrogen (secondary N) is 1. The van der Waals surface area contributed by atoms with Gasteiger partial charge in [0.05, 0.1) is 6.61 Å². The van der Waals surface area contributed by atoms with Crippen molar-refractivity contribution in [1.82, 2.24) is 5.32 Å². The van der Waals surface area contributed by atoms with Crippen LogP contribution in [0.3, 0.4) is 0 Å². The van der Waals surface area contributed by atoms with E-state index in [1.165, 1.54) is 25.5 Å². The number of sulfone groups is 1. The van der Waals surface area contributed by atoms with E-state index in [-0.39, 0.29) is 0 Å². The van der Waals surface area contributed by atoms with Crippen LogP contribution in [0.4, 0.5) is 0 Å². The van der Waals surface area contributed by atoms with Crippen LogP contribution in [0.1, 0.15) is 32.1 Å². The maximum absolute atomic E-state index is 11.1. The van der Waals surface area contributed by atoms with Crippen molar-refractivity contribution in [3.05, 3.63) is 0 Å². The average molecular weight is 263 g/mol. The van der Waals surface area contributed by atoms with Crippen molar-refractivity contribution < 1.29 is 13.2 Å². The van der Waals surface area contributed by atoms with Gasteiger partial charge in [-0.05, 0) is 31.1 Å². The molecular weight excluding hydrogens is 238 g/mol. The fourth-order valence-electron chi connectivity index (χ4n) is 2.43. The van der Waals surface area contributed by atoms with Crippen LogP contribution in [0, 0.1) is 5.41 Å². The van der Waals surface area contributed by atoms with Gasteiger partial charge in [0.1, 0.15) is 9.84 Å². The summed E-state index contributed by atoms with van der Waals surface area (Å²) in [5.41, 5.74) is 0.360. The number of hydrogen-bond acceptors (Lipinski definition) is 4. The van der Waals surface area contributed by atoms with E-state index in [0.29, 0.717) is 11.2 Å². The summed E-state index contributed by atoms with van der Waals surface area (Å²) in [6.07, 6.45) is 6.89. The second-order valence-corrected chi connectivity index (χ2v) is 7.52. The van der Waals surface area contributed by atoms with Crippen molar-refractivity contribution in [3.63, 3.8) is 0 Å². The minimum absolute atomic E-state index is 0.326. The molecule has 5 heteroatoms. The quantitative estimate of drug-likeness (QED) is 0.636. The van der Waals surface area contributed by atoms with Crippen molar-refractivity contribution in [2.75, 3.05) is 38.8 Å². The highest BCUT2D eigenvalue weighted by Crippen LogP contribution is 2.44. The summed E-state index contributed by atoms with van der Waals surface area (Å²) >= 11 is 0. The smallest absolute Gasteiger partial charge is 0.147 e. The molecule has 0 aliphatic heterocycles. The lowest BCUT2D eigenvalue weighted by Gasteiger charge is -2.42. The lowest BCUT2D eigenvalue weighted by molar-refractivity contribution is 0.110. The van der Waals surface area contributed by atoms with Gasteiger partial charge in [-0.25, -0.2) is 8.42 Å². The SMILES string of the molecule is COCCNCC1(CCCS(C)(=O)=O)CCC1. The highest BCUT2D eigenvalue weighted by Gasteiger charge is 2.35. The van der Waals surface area contributed by atoms with Crippen LogP contribution < -0.4 is 5.32 Å². The third kappa shape index (κ3) is 5.84. The predicted molar refractivity (Wildman–Crippen MR) is 70.0 cm³/mol. The molecule has 0 saturated heterocycles.